The van der Waals surface area contributed by atoms with Crippen molar-refractivity contribution in [2.75, 3.05) is 11.9 Å². The van der Waals surface area contributed by atoms with E-state index in [1.165, 1.54) is 30.6 Å². The number of thiophene rings is 1. The monoisotopic (exact) mass is 323 g/mol. The average Bonchev–Trinajstić information content (AvgIpc) is 2.89. The van der Waals surface area contributed by atoms with Crippen LogP contribution in [0.1, 0.15) is 44.4 Å². The Morgan fingerprint density at radius 1 is 1.33 bits per heavy atom. The van der Waals surface area contributed by atoms with Crippen molar-refractivity contribution in [2.45, 2.75) is 46.0 Å². The molecule has 1 N–H and O–H groups in total. The van der Waals surface area contributed by atoms with E-state index in [4.69, 9.17) is 11.6 Å². The van der Waals surface area contributed by atoms with Crippen LogP contribution in [0.4, 0.5) is 5.82 Å². The standard InChI is InChI=1S/C16H22ClN3S/c1-3-12-8-13-14(19-16(17)20-15(13)21-12)18-9-11-7-5-4-6-10(11)2/h8,10-11H,3-7,9H2,1-2H3,(H,18,19,20). The van der Waals surface area contributed by atoms with Crippen LogP contribution in [0.25, 0.3) is 10.2 Å². The number of nitrogens with zero attached hydrogens (tertiary/aromatic N) is 2. The average molecular weight is 324 g/mol. The van der Waals surface area contributed by atoms with Crippen LogP contribution in [-0.4, -0.2) is 16.5 Å². The van der Waals surface area contributed by atoms with Gasteiger partial charge in [-0.25, -0.2) is 9.97 Å². The molecule has 3 nitrogen and oxygen atoms in total. The first-order valence-electron chi connectivity index (χ1n) is 7.87. The van der Waals surface area contributed by atoms with E-state index in [-0.39, 0.29) is 0 Å². The first-order valence-corrected chi connectivity index (χ1v) is 9.06. The largest absolute Gasteiger partial charge is 0.369 e. The number of anilines is 1. The Hall–Kier alpha value is -0.870. The predicted molar refractivity (Wildman–Crippen MR) is 91.4 cm³/mol. The molecule has 2 heterocycles. The molecule has 0 aliphatic heterocycles. The Morgan fingerprint density at radius 3 is 2.90 bits per heavy atom. The molecule has 2 aromatic heterocycles. The second-order valence-corrected chi connectivity index (χ2v) is 7.48. The number of halogens is 1. The second-order valence-electron chi connectivity index (χ2n) is 6.03. The maximum absolute atomic E-state index is 6.07. The molecule has 2 aromatic rings. The number of aryl methyl sites for hydroxylation is 1. The minimum absolute atomic E-state index is 0.339. The van der Waals surface area contributed by atoms with Gasteiger partial charge >= 0.3 is 0 Å². The molecular weight excluding hydrogens is 302 g/mol. The van der Waals surface area contributed by atoms with E-state index in [0.717, 1.165) is 40.8 Å². The molecule has 1 saturated carbocycles. The van der Waals surface area contributed by atoms with Crippen molar-refractivity contribution in [1.29, 1.82) is 0 Å². The van der Waals surface area contributed by atoms with Crippen molar-refractivity contribution in [1.82, 2.24) is 9.97 Å². The summed E-state index contributed by atoms with van der Waals surface area (Å²) in [7, 11) is 0. The fourth-order valence-corrected chi connectivity index (χ4v) is 4.36. The van der Waals surface area contributed by atoms with Gasteiger partial charge in [0.05, 0.1) is 5.39 Å². The smallest absolute Gasteiger partial charge is 0.225 e. The van der Waals surface area contributed by atoms with Crippen LogP contribution in [0, 0.1) is 11.8 Å². The molecule has 114 valence electrons. The highest BCUT2D eigenvalue weighted by Gasteiger charge is 2.21. The number of rotatable bonds is 4. The summed E-state index contributed by atoms with van der Waals surface area (Å²) in [5, 5.41) is 4.99. The Bertz CT molecular complexity index is 625. The minimum Gasteiger partial charge on any atom is -0.369 e. The number of nitrogens with one attached hydrogen (secondary N) is 1. The molecule has 1 fully saturated rings. The third-order valence-corrected chi connectivity index (χ3v) is 5.93. The molecule has 0 saturated heterocycles. The summed E-state index contributed by atoms with van der Waals surface area (Å²) in [5.41, 5.74) is 0. The lowest BCUT2D eigenvalue weighted by molar-refractivity contribution is 0.268. The van der Waals surface area contributed by atoms with E-state index in [0.29, 0.717) is 5.28 Å². The summed E-state index contributed by atoms with van der Waals surface area (Å²) in [5.74, 6) is 2.44. The van der Waals surface area contributed by atoms with Gasteiger partial charge in [-0.1, -0.05) is 33.1 Å². The molecule has 0 bridgehead atoms. The highest BCUT2D eigenvalue weighted by molar-refractivity contribution is 7.18. The van der Waals surface area contributed by atoms with Crippen LogP contribution < -0.4 is 5.32 Å². The van der Waals surface area contributed by atoms with Crippen LogP contribution in [0.2, 0.25) is 5.28 Å². The Morgan fingerprint density at radius 2 is 2.14 bits per heavy atom. The van der Waals surface area contributed by atoms with Gasteiger partial charge in [0, 0.05) is 11.4 Å². The van der Waals surface area contributed by atoms with E-state index < -0.39 is 0 Å². The lowest BCUT2D eigenvalue weighted by Gasteiger charge is -2.29. The van der Waals surface area contributed by atoms with Gasteiger partial charge < -0.3 is 5.32 Å². The van der Waals surface area contributed by atoms with Crippen LogP contribution in [0.3, 0.4) is 0 Å². The molecule has 21 heavy (non-hydrogen) atoms. The summed E-state index contributed by atoms with van der Waals surface area (Å²) in [6.07, 6.45) is 6.43. The molecule has 2 unspecified atom stereocenters. The third-order valence-electron chi connectivity index (χ3n) is 4.59. The number of hydrogen-bond donors (Lipinski definition) is 1. The molecule has 2 atom stereocenters. The molecule has 0 aromatic carbocycles. The van der Waals surface area contributed by atoms with Gasteiger partial charge in [0.2, 0.25) is 5.28 Å². The maximum Gasteiger partial charge on any atom is 0.225 e. The van der Waals surface area contributed by atoms with Crippen molar-refractivity contribution in [2.24, 2.45) is 11.8 Å². The van der Waals surface area contributed by atoms with Gasteiger partial charge in [-0.15, -0.1) is 11.3 Å². The second kappa shape index (κ2) is 6.49. The van der Waals surface area contributed by atoms with Crippen molar-refractivity contribution < 1.29 is 0 Å². The fourth-order valence-electron chi connectivity index (χ4n) is 3.18. The van der Waals surface area contributed by atoms with E-state index in [2.05, 4.69) is 35.2 Å². The molecule has 3 rings (SSSR count). The Balaban J connectivity index is 1.80. The zero-order valence-corrected chi connectivity index (χ0v) is 14.2. The number of hydrogen-bond acceptors (Lipinski definition) is 4. The summed E-state index contributed by atoms with van der Waals surface area (Å²) < 4.78 is 0. The van der Waals surface area contributed by atoms with Gasteiger partial charge in [0.1, 0.15) is 10.6 Å². The Kier molecular flexibility index (Phi) is 4.65. The highest BCUT2D eigenvalue weighted by Crippen LogP contribution is 2.32. The molecule has 5 heteroatoms. The normalized spacial score (nSPS) is 22.6. The molecule has 0 radical (unpaired) electrons. The predicted octanol–water partition coefficient (Wildman–Crippen LogP) is 5.15. The number of fused-ring (bicyclic) bond motifs is 1. The van der Waals surface area contributed by atoms with Gasteiger partial charge in [-0.3, -0.25) is 0 Å². The van der Waals surface area contributed by atoms with Gasteiger partial charge in [0.25, 0.3) is 0 Å². The van der Waals surface area contributed by atoms with Crippen LogP contribution in [0.5, 0.6) is 0 Å². The summed E-state index contributed by atoms with van der Waals surface area (Å²) >= 11 is 7.78. The van der Waals surface area contributed by atoms with Crippen molar-refractivity contribution >= 4 is 39.0 Å². The Labute approximate surface area is 135 Å². The molecule has 0 spiro atoms. The van der Waals surface area contributed by atoms with E-state index in [1.54, 1.807) is 11.3 Å². The molecule has 1 aliphatic rings. The molecular formula is C16H22ClN3S. The summed E-state index contributed by atoms with van der Waals surface area (Å²) in [6.45, 7) is 5.52. The van der Waals surface area contributed by atoms with Gasteiger partial charge in [-0.2, -0.15) is 0 Å². The highest BCUT2D eigenvalue weighted by atomic mass is 35.5. The quantitative estimate of drug-likeness (QED) is 0.791. The van der Waals surface area contributed by atoms with Crippen LogP contribution >= 0.6 is 22.9 Å². The fraction of sp³-hybridized carbons (Fsp3) is 0.625. The van der Waals surface area contributed by atoms with Crippen molar-refractivity contribution in [3.05, 3.63) is 16.2 Å². The molecule has 1 aliphatic carbocycles. The van der Waals surface area contributed by atoms with Gasteiger partial charge in [0.15, 0.2) is 0 Å². The SMILES string of the molecule is CCc1cc2c(NCC3CCCCC3C)nc(Cl)nc2s1. The first-order chi connectivity index (χ1) is 10.2. The lowest BCUT2D eigenvalue weighted by atomic mass is 9.80. The van der Waals surface area contributed by atoms with Crippen LogP contribution in [-0.2, 0) is 6.42 Å². The first kappa shape index (κ1) is 15.0. The lowest BCUT2D eigenvalue weighted by Crippen LogP contribution is -2.24. The van der Waals surface area contributed by atoms with Crippen LogP contribution in [0.15, 0.2) is 6.07 Å². The zero-order chi connectivity index (χ0) is 14.8. The summed E-state index contributed by atoms with van der Waals surface area (Å²) in [4.78, 5) is 11.1. The van der Waals surface area contributed by atoms with E-state index >= 15 is 0 Å². The number of aromatic nitrogens is 2. The van der Waals surface area contributed by atoms with Gasteiger partial charge in [-0.05, 0) is 42.3 Å². The van der Waals surface area contributed by atoms with E-state index in [1.807, 2.05) is 0 Å². The third kappa shape index (κ3) is 3.32. The molecule has 0 amide bonds. The maximum atomic E-state index is 6.07. The zero-order valence-electron chi connectivity index (χ0n) is 12.7. The summed E-state index contributed by atoms with van der Waals surface area (Å²) in [6, 6.07) is 2.20. The topological polar surface area (TPSA) is 37.8 Å². The van der Waals surface area contributed by atoms with E-state index in [9.17, 15) is 0 Å². The van der Waals surface area contributed by atoms with Crippen molar-refractivity contribution in [3.63, 3.8) is 0 Å². The minimum atomic E-state index is 0.339. The van der Waals surface area contributed by atoms with Crippen molar-refractivity contribution in [3.8, 4) is 0 Å².